The van der Waals surface area contributed by atoms with Crippen molar-refractivity contribution in [3.8, 4) is 0 Å². The van der Waals surface area contributed by atoms with Gasteiger partial charge in [0.1, 0.15) is 0 Å². The molecule has 2 aromatic carbocycles. The van der Waals surface area contributed by atoms with Crippen LogP contribution in [0, 0.1) is 10.1 Å². The van der Waals surface area contributed by atoms with E-state index in [1.165, 1.54) is 12.1 Å². The Labute approximate surface area is 127 Å². The fraction of sp³-hybridized carbons (Fsp3) is 0.188. The second-order valence-corrected chi connectivity index (χ2v) is 4.83. The first-order valence-electron chi connectivity index (χ1n) is 6.79. The van der Waals surface area contributed by atoms with Crippen LogP contribution in [-0.2, 0) is 11.3 Å². The first kappa shape index (κ1) is 15.7. The van der Waals surface area contributed by atoms with Gasteiger partial charge in [-0.25, -0.2) is 0 Å². The number of benzene rings is 2. The fourth-order valence-corrected chi connectivity index (χ4v) is 2.02. The second kappa shape index (κ2) is 7.33. The van der Waals surface area contributed by atoms with Crippen molar-refractivity contribution < 1.29 is 14.8 Å². The minimum Gasteiger partial charge on any atom is -0.388 e. The molecule has 2 N–H and O–H groups in total. The lowest BCUT2D eigenvalue weighted by atomic mass is 10.1. The molecule has 0 bridgehead atoms. The average molecular weight is 300 g/mol. The summed E-state index contributed by atoms with van der Waals surface area (Å²) in [5.41, 5.74) is 1.29. The number of aliphatic hydroxyl groups is 1. The van der Waals surface area contributed by atoms with E-state index in [0.29, 0.717) is 11.1 Å². The van der Waals surface area contributed by atoms with Gasteiger partial charge >= 0.3 is 0 Å². The highest BCUT2D eigenvalue weighted by Crippen LogP contribution is 2.16. The number of nitrogens with zero attached hydrogens (tertiary/aromatic N) is 1. The smallest absolute Gasteiger partial charge is 0.269 e. The normalized spacial score (nSPS) is 11.7. The topological polar surface area (TPSA) is 92.5 Å². The number of amides is 1. The van der Waals surface area contributed by atoms with Crippen LogP contribution in [0.5, 0.6) is 0 Å². The summed E-state index contributed by atoms with van der Waals surface area (Å²) < 4.78 is 0. The Hall–Kier alpha value is -2.73. The number of rotatable bonds is 6. The highest BCUT2D eigenvalue weighted by Gasteiger charge is 2.13. The summed E-state index contributed by atoms with van der Waals surface area (Å²) in [4.78, 5) is 22.0. The van der Waals surface area contributed by atoms with Crippen molar-refractivity contribution in [1.82, 2.24) is 5.32 Å². The molecule has 6 nitrogen and oxygen atoms in total. The molecular weight excluding hydrogens is 284 g/mol. The van der Waals surface area contributed by atoms with E-state index < -0.39 is 11.0 Å². The van der Waals surface area contributed by atoms with E-state index in [9.17, 15) is 20.0 Å². The standard InChI is InChI=1S/C16H16N2O4/c19-15(13-6-2-1-3-7-13)10-16(20)17-11-12-5-4-8-14(9-12)18(21)22/h1-9,15,19H,10-11H2,(H,17,20). The molecule has 1 amide bonds. The predicted molar refractivity (Wildman–Crippen MR) is 81.0 cm³/mol. The summed E-state index contributed by atoms with van der Waals surface area (Å²) in [6.07, 6.45) is -0.926. The number of hydrogen-bond donors (Lipinski definition) is 2. The first-order chi connectivity index (χ1) is 10.6. The molecule has 2 rings (SSSR count). The highest BCUT2D eigenvalue weighted by atomic mass is 16.6. The minimum atomic E-state index is -0.869. The van der Waals surface area contributed by atoms with Gasteiger partial charge in [0.25, 0.3) is 5.69 Å². The number of carbonyl (C=O) groups excluding carboxylic acids is 1. The largest absolute Gasteiger partial charge is 0.388 e. The Morgan fingerprint density at radius 3 is 2.59 bits per heavy atom. The van der Waals surface area contributed by atoms with Crippen LogP contribution in [0.3, 0.4) is 0 Å². The Kier molecular flexibility index (Phi) is 5.21. The van der Waals surface area contributed by atoms with Gasteiger partial charge in [-0.2, -0.15) is 0 Å². The zero-order chi connectivity index (χ0) is 15.9. The van der Waals surface area contributed by atoms with Gasteiger partial charge in [0.05, 0.1) is 17.4 Å². The van der Waals surface area contributed by atoms with E-state index in [0.717, 1.165) is 0 Å². The molecule has 0 aliphatic carbocycles. The van der Waals surface area contributed by atoms with Crippen LogP contribution in [0.1, 0.15) is 23.7 Å². The van der Waals surface area contributed by atoms with Gasteiger partial charge < -0.3 is 10.4 Å². The third-order valence-electron chi connectivity index (χ3n) is 3.17. The highest BCUT2D eigenvalue weighted by molar-refractivity contribution is 5.76. The summed E-state index contributed by atoms with van der Waals surface area (Å²) in [5, 5.41) is 23.3. The van der Waals surface area contributed by atoms with Crippen LogP contribution < -0.4 is 5.32 Å². The molecular formula is C16H16N2O4. The quantitative estimate of drug-likeness (QED) is 0.632. The van der Waals surface area contributed by atoms with E-state index >= 15 is 0 Å². The van der Waals surface area contributed by atoms with Gasteiger partial charge in [-0.15, -0.1) is 0 Å². The molecule has 0 radical (unpaired) electrons. The minimum absolute atomic E-state index is 0.0175. The van der Waals surface area contributed by atoms with Gasteiger partial charge in [0.2, 0.25) is 5.91 Å². The van der Waals surface area contributed by atoms with Gasteiger partial charge in [0.15, 0.2) is 0 Å². The molecule has 0 saturated carbocycles. The maximum Gasteiger partial charge on any atom is 0.269 e. The van der Waals surface area contributed by atoms with Gasteiger partial charge in [-0.3, -0.25) is 14.9 Å². The molecule has 6 heteroatoms. The molecule has 0 aliphatic heterocycles. The lowest BCUT2D eigenvalue weighted by Gasteiger charge is -2.11. The number of nitrogens with one attached hydrogen (secondary N) is 1. The monoisotopic (exact) mass is 300 g/mol. The summed E-state index contributed by atoms with van der Waals surface area (Å²) >= 11 is 0. The number of hydrogen-bond acceptors (Lipinski definition) is 4. The molecule has 0 aromatic heterocycles. The second-order valence-electron chi connectivity index (χ2n) is 4.83. The van der Waals surface area contributed by atoms with Gasteiger partial charge in [0, 0.05) is 18.7 Å². The van der Waals surface area contributed by atoms with Crippen molar-refractivity contribution in [1.29, 1.82) is 0 Å². The van der Waals surface area contributed by atoms with Gasteiger partial charge in [-0.1, -0.05) is 42.5 Å². The lowest BCUT2D eigenvalue weighted by molar-refractivity contribution is -0.384. The first-order valence-corrected chi connectivity index (χ1v) is 6.79. The van der Waals surface area contributed by atoms with E-state index in [4.69, 9.17) is 0 Å². The molecule has 1 atom stereocenters. The molecule has 22 heavy (non-hydrogen) atoms. The van der Waals surface area contributed by atoms with E-state index in [1.54, 1.807) is 36.4 Å². The van der Waals surface area contributed by atoms with Gasteiger partial charge in [-0.05, 0) is 11.1 Å². The summed E-state index contributed by atoms with van der Waals surface area (Å²) in [6.45, 7) is 0.183. The summed E-state index contributed by atoms with van der Waals surface area (Å²) in [7, 11) is 0. The zero-order valence-corrected chi connectivity index (χ0v) is 11.8. The van der Waals surface area contributed by atoms with Crippen molar-refractivity contribution in [2.45, 2.75) is 19.1 Å². The molecule has 0 aliphatic rings. The number of carbonyl (C=O) groups is 1. The summed E-state index contributed by atoms with van der Waals surface area (Å²) in [6, 6.07) is 15.0. The van der Waals surface area contributed by atoms with Crippen molar-refractivity contribution in [3.63, 3.8) is 0 Å². The van der Waals surface area contributed by atoms with Crippen molar-refractivity contribution in [2.24, 2.45) is 0 Å². The Morgan fingerprint density at radius 2 is 1.91 bits per heavy atom. The van der Waals surface area contributed by atoms with Crippen LogP contribution in [-0.4, -0.2) is 15.9 Å². The zero-order valence-electron chi connectivity index (χ0n) is 11.8. The third-order valence-corrected chi connectivity index (χ3v) is 3.17. The van der Waals surface area contributed by atoms with Crippen LogP contribution in [0.4, 0.5) is 5.69 Å². The maximum atomic E-state index is 11.8. The fourth-order valence-electron chi connectivity index (χ4n) is 2.02. The molecule has 0 saturated heterocycles. The Bertz CT molecular complexity index is 658. The molecule has 0 heterocycles. The average Bonchev–Trinajstić information content (AvgIpc) is 2.54. The van der Waals surface area contributed by atoms with Crippen molar-refractivity contribution >= 4 is 11.6 Å². The van der Waals surface area contributed by atoms with Crippen LogP contribution in [0.15, 0.2) is 54.6 Å². The number of nitro benzene ring substituents is 1. The molecule has 0 spiro atoms. The van der Waals surface area contributed by atoms with Crippen LogP contribution in [0.25, 0.3) is 0 Å². The SMILES string of the molecule is O=C(CC(O)c1ccccc1)NCc1cccc([N+](=O)[O-])c1. The van der Waals surface area contributed by atoms with E-state index in [2.05, 4.69) is 5.32 Å². The number of aliphatic hydroxyl groups excluding tert-OH is 1. The summed E-state index contributed by atoms with van der Waals surface area (Å²) in [5.74, 6) is -0.317. The van der Waals surface area contributed by atoms with Crippen molar-refractivity contribution in [3.05, 3.63) is 75.8 Å². The number of nitro groups is 1. The predicted octanol–water partition coefficient (Wildman–Crippen LogP) is 2.33. The third kappa shape index (κ3) is 4.39. The van der Waals surface area contributed by atoms with E-state index in [-0.39, 0.29) is 24.6 Å². The van der Waals surface area contributed by atoms with Crippen LogP contribution in [0.2, 0.25) is 0 Å². The maximum absolute atomic E-state index is 11.8. The van der Waals surface area contributed by atoms with Crippen molar-refractivity contribution in [2.75, 3.05) is 0 Å². The Morgan fingerprint density at radius 1 is 1.18 bits per heavy atom. The molecule has 114 valence electrons. The van der Waals surface area contributed by atoms with Crippen LogP contribution >= 0.6 is 0 Å². The molecule has 0 fully saturated rings. The molecule has 2 aromatic rings. The molecule has 1 unspecified atom stereocenters. The Balaban J connectivity index is 1.88. The lowest BCUT2D eigenvalue weighted by Crippen LogP contribution is -2.24. The number of non-ortho nitro benzene ring substituents is 1. The van der Waals surface area contributed by atoms with E-state index in [1.807, 2.05) is 6.07 Å².